The normalized spacial score (nSPS) is 25.5. The molecule has 4 rings (SSSR count). The van der Waals surface area contributed by atoms with E-state index in [9.17, 15) is 10.4 Å². The number of ether oxygens (including phenoxy) is 2. The Morgan fingerprint density at radius 1 is 1.17 bits per heavy atom. The number of phenols is 1. The summed E-state index contributed by atoms with van der Waals surface area (Å²) in [6.07, 6.45) is 4.82. The molecular weight excluding hydrogens is 376 g/mol. The number of hydrogen-bond acceptors (Lipinski definition) is 5. The lowest BCUT2D eigenvalue weighted by Crippen LogP contribution is -2.36. The Morgan fingerprint density at radius 3 is 2.40 bits per heavy atom. The monoisotopic (exact) mass is 404 g/mol. The molecule has 0 spiro atoms. The molecule has 3 aliphatic rings. The average molecular weight is 405 g/mol. The molecule has 0 fully saturated rings. The summed E-state index contributed by atoms with van der Waals surface area (Å²) in [5.41, 5.74) is 8.03. The SMILES string of the molecule is COC1=CC2=C3C(C#N)C(c4cc(C)c(O)c(C)c4)=C(C)N3C(C)CC2=CC1OC. The van der Waals surface area contributed by atoms with Crippen LogP contribution >= 0.6 is 0 Å². The number of allylic oxidation sites excluding steroid dienone is 4. The number of benzene rings is 1. The van der Waals surface area contributed by atoms with Gasteiger partial charge < -0.3 is 19.5 Å². The second-order valence-electron chi connectivity index (χ2n) is 8.34. The average Bonchev–Trinajstić information content (AvgIpc) is 3.03. The maximum absolute atomic E-state index is 10.3. The summed E-state index contributed by atoms with van der Waals surface area (Å²) in [6.45, 7) is 8.09. The Kier molecular flexibility index (Phi) is 4.99. The van der Waals surface area contributed by atoms with Crippen molar-refractivity contribution in [3.05, 3.63) is 69.3 Å². The standard InChI is InChI=1S/C25H28N2O3/c1-13-7-18(8-14(2)25(13)28)23-16(4)27-15(3)9-17-10-21(29-5)22(30-6)11-19(17)24(27)20(23)12-26/h7-8,10-11,15,20-21,28H,9H2,1-6H3. The summed E-state index contributed by atoms with van der Waals surface area (Å²) in [7, 11) is 3.33. The number of nitrogens with zero attached hydrogens (tertiary/aromatic N) is 2. The van der Waals surface area contributed by atoms with Gasteiger partial charge in [-0.1, -0.05) is 0 Å². The molecule has 3 atom stereocenters. The van der Waals surface area contributed by atoms with E-state index < -0.39 is 0 Å². The van der Waals surface area contributed by atoms with Crippen LogP contribution in [0.25, 0.3) is 5.57 Å². The van der Waals surface area contributed by atoms with Gasteiger partial charge in [-0.3, -0.25) is 0 Å². The lowest BCUT2D eigenvalue weighted by atomic mass is 9.82. The van der Waals surface area contributed by atoms with Crippen LogP contribution in [0.3, 0.4) is 0 Å². The minimum atomic E-state index is -0.386. The van der Waals surface area contributed by atoms with Crippen molar-refractivity contribution in [2.75, 3.05) is 14.2 Å². The molecule has 0 bridgehead atoms. The lowest BCUT2D eigenvalue weighted by molar-refractivity contribution is 0.108. The van der Waals surface area contributed by atoms with E-state index in [4.69, 9.17) is 9.47 Å². The third-order valence-electron chi connectivity index (χ3n) is 6.49. The number of aryl methyl sites for hydroxylation is 2. The molecule has 1 aromatic rings. The molecule has 1 aliphatic carbocycles. The summed E-state index contributed by atoms with van der Waals surface area (Å²) in [5.74, 6) is 0.674. The van der Waals surface area contributed by atoms with E-state index in [1.165, 1.54) is 5.57 Å². The number of fused-ring (bicyclic) bond motifs is 2. The maximum Gasteiger partial charge on any atom is 0.133 e. The van der Waals surface area contributed by atoms with E-state index in [0.717, 1.165) is 51.4 Å². The summed E-state index contributed by atoms with van der Waals surface area (Å²) < 4.78 is 11.2. The van der Waals surface area contributed by atoms with Crippen LogP contribution in [0.2, 0.25) is 0 Å². The molecule has 3 unspecified atom stereocenters. The van der Waals surface area contributed by atoms with Gasteiger partial charge in [0, 0.05) is 35.7 Å². The number of hydrogen-bond donors (Lipinski definition) is 1. The minimum absolute atomic E-state index is 0.203. The minimum Gasteiger partial charge on any atom is -0.507 e. The van der Waals surface area contributed by atoms with E-state index in [0.29, 0.717) is 5.75 Å². The smallest absolute Gasteiger partial charge is 0.133 e. The number of nitriles is 1. The molecule has 5 nitrogen and oxygen atoms in total. The van der Waals surface area contributed by atoms with Crippen LogP contribution in [0.15, 0.2) is 52.6 Å². The third kappa shape index (κ3) is 2.86. The van der Waals surface area contributed by atoms with Gasteiger partial charge in [0.05, 0.1) is 13.2 Å². The van der Waals surface area contributed by atoms with E-state index in [1.54, 1.807) is 14.2 Å². The number of aromatic hydroxyl groups is 1. The van der Waals surface area contributed by atoms with Gasteiger partial charge in [-0.25, -0.2) is 0 Å². The molecule has 30 heavy (non-hydrogen) atoms. The van der Waals surface area contributed by atoms with E-state index in [-0.39, 0.29) is 18.1 Å². The molecule has 1 N–H and O–H groups in total. The second kappa shape index (κ2) is 7.37. The molecule has 5 heteroatoms. The van der Waals surface area contributed by atoms with E-state index in [1.807, 2.05) is 32.1 Å². The lowest BCUT2D eigenvalue weighted by Gasteiger charge is -2.39. The van der Waals surface area contributed by atoms with Crippen molar-refractivity contribution in [1.29, 1.82) is 5.26 Å². The van der Waals surface area contributed by atoms with Gasteiger partial charge in [0.15, 0.2) is 0 Å². The Morgan fingerprint density at radius 2 is 1.83 bits per heavy atom. The molecule has 2 aliphatic heterocycles. The first-order valence-corrected chi connectivity index (χ1v) is 10.3. The quantitative estimate of drug-likeness (QED) is 0.789. The Balaban J connectivity index is 1.94. The van der Waals surface area contributed by atoms with Gasteiger partial charge in [-0.05, 0) is 80.7 Å². The van der Waals surface area contributed by atoms with Gasteiger partial charge in [0.1, 0.15) is 23.5 Å². The highest BCUT2D eigenvalue weighted by atomic mass is 16.5. The van der Waals surface area contributed by atoms with Crippen LogP contribution in [0, 0.1) is 31.1 Å². The van der Waals surface area contributed by atoms with Crippen molar-refractivity contribution in [2.24, 2.45) is 5.92 Å². The van der Waals surface area contributed by atoms with Crippen molar-refractivity contribution >= 4 is 5.57 Å². The van der Waals surface area contributed by atoms with Crippen LogP contribution in [0.5, 0.6) is 5.75 Å². The Bertz CT molecular complexity index is 1060. The van der Waals surface area contributed by atoms with Crippen LogP contribution in [0.1, 0.15) is 37.0 Å². The Hall–Kier alpha value is -2.97. The van der Waals surface area contributed by atoms with E-state index >= 15 is 0 Å². The fraction of sp³-hybridized carbons (Fsp3) is 0.400. The van der Waals surface area contributed by atoms with E-state index in [2.05, 4.69) is 30.9 Å². The molecule has 2 heterocycles. The fourth-order valence-corrected chi connectivity index (χ4v) is 5.12. The van der Waals surface area contributed by atoms with Gasteiger partial charge in [-0.2, -0.15) is 5.26 Å². The third-order valence-corrected chi connectivity index (χ3v) is 6.49. The molecular formula is C25H28N2O3. The second-order valence-corrected chi connectivity index (χ2v) is 8.34. The van der Waals surface area contributed by atoms with Crippen molar-refractivity contribution in [2.45, 2.75) is 46.3 Å². The highest BCUT2D eigenvalue weighted by Crippen LogP contribution is 2.51. The fourth-order valence-electron chi connectivity index (χ4n) is 5.12. The topological polar surface area (TPSA) is 65.7 Å². The highest BCUT2D eigenvalue weighted by Gasteiger charge is 2.43. The Labute approximate surface area is 178 Å². The highest BCUT2D eigenvalue weighted by molar-refractivity contribution is 5.80. The van der Waals surface area contributed by atoms with Crippen LogP contribution in [-0.2, 0) is 9.47 Å². The molecule has 0 saturated carbocycles. The predicted octanol–water partition coefficient (Wildman–Crippen LogP) is 4.73. The summed E-state index contributed by atoms with van der Waals surface area (Å²) >= 11 is 0. The van der Waals surface area contributed by atoms with Crippen LogP contribution < -0.4 is 0 Å². The molecule has 0 amide bonds. The zero-order chi connectivity index (χ0) is 21.7. The zero-order valence-corrected chi connectivity index (χ0v) is 18.4. The zero-order valence-electron chi connectivity index (χ0n) is 18.4. The van der Waals surface area contributed by atoms with Gasteiger partial charge in [-0.15, -0.1) is 0 Å². The van der Waals surface area contributed by atoms with Crippen LogP contribution in [0.4, 0.5) is 0 Å². The molecule has 0 saturated heterocycles. The first-order valence-electron chi connectivity index (χ1n) is 10.3. The van der Waals surface area contributed by atoms with Crippen molar-refractivity contribution in [1.82, 2.24) is 4.90 Å². The summed E-state index contributed by atoms with van der Waals surface area (Å²) in [6, 6.07) is 6.75. The summed E-state index contributed by atoms with van der Waals surface area (Å²) in [4.78, 5) is 2.31. The largest absolute Gasteiger partial charge is 0.507 e. The van der Waals surface area contributed by atoms with Crippen LogP contribution in [-0.4, -0.2) is 36.4 Å². The first-order chi connectivity index (χ1) is 14.3. The number of methoxy groups -OCH3 is 2. The van der Waals surface area contributed by atoms with Gasteiger partial charge in [0.25, 0.3) is 0 Å². The predicted molar refractivity (Wildman–Crippen MR) is 116 cm³/mol. The maximum atomic E-state index is 10.3. The van der Waals surface area contributed by atoms with Crippen molar-refractivity contribution < 1.29 is 14.6 Å². The molecule has 156 valence electrons. The van der Waals surface area contributed by atoms with Crippen molar-refractivity contribution in [3.8, 4) is 11.8 Å². The molecule has 0 aromatic heterocycles. The number of rotatable bonds is 3. The first kappa shape index (κ1) is 20.3. The van der Waals surface area contributed by atoms with Gasteiger partial charge >= 0.3 is 0 Å². The molecule has 1 aromatic carbocycles. The van der Waals surface area contributed by atoms with Gasteiger partial charge in [0.2, 0.25) is 0 Å². The summed E-state index contributed by atoms with van der Waals surface area (Å²) in [5, 5.41) is 20.5. The molecule has 0 radical (unpaired) electrons. The number of phenolic OH excluding ortho intramolecular Hbond substituents is 1. The van der Waals surface area contributed by atoms with Crippen molar-refractivity contribution in [3.63, 3.8) is 0 Å².